The molecule has 1 aromatic rings. The summed E-state index contributed by atoms with van der Waals surface area (Å²) in [6.07, 6.45) is 3.99. The molecule has 1 heterocycles. The maximum atomic E-state index is 12.2. The Morgan fingerprint density at radius 2 is 2.04 bits per heavy atom. The third-order valence-electron chi connectivity index (χ3n) is 7.35. The van der Waals surface area contributed by atoms with Crippen LogP contribution in [0.25, 0.3) is 0 Å². The molecule has 4 nitrogen and oxygen atoms in total. The molecule has 3 fully saturated rings. The summed E-state index contributed by atoms with van der Waals surface area (Å²) in [6, 6.07) is 7.67. The zero-order valence-corrected chi connectivity index (χ0v) is 15.4. The van der Waals surface area contributed by atoms with Gasteiger partial charge in [-0.3, -0.25) is 4.79 Å². The van der Waals surface area contributed by atoms with Crippen LogP contribution in [0.15, 0.2) is 24.3 Å². The van der Waals surface area contributed by atoms with Gasteiger partial charge in [-0.05, 0) is 59.6 Å². The number of hydrogen-bond donors (Lipinski definition) is 2. The van der Waals surface area contributed by atoms with Gasteiger partial charge in [0, 0.05) is 19.1 Å². The molecule has 1 spiro atoms. The summed E-state index contributed by atoms with van der Waals surface area (Å²) in [7, 11) is 0. The number of phenolic OH excluding ortho intramolecular Hbond substituents is 1. The molecular weight excluding hydrogens is 314 g/mol. The maximum absolute atomic E-state index is 12.2. The van der Waals surface area contributed by atoms with Gasteiger partial charge in [0.15, 0.2) is 0 Å². The first-order chi connectivity index (χ1) is 11.9. The summed E-state index contributed by atoms with van der Waals surface area (Å²) in [5, 5.41) is 13.0. The van der Waals surface area contributed by atoms with Crippen LogP contribution in [-0.4, -0.2) is 23.7 Å². The molecule has 2 aliphatic carbocycles. The molecule has 2 bridgehead atoms. The minimum Gasteiger partial charge on any atom is -0.508 e. The van der Waals surface area contributed by atoms with Crippen molar-refractivity contribution in [1.29, 1.82) is 0 Å². The second kappa shape index (κ2) is 5.73. The van der Waals surface area contributed by atoms with Crippen LogP contribution in [0.3, 0.4) is 0 Å². The number of phenols is 1. The summed E-state index contributed by atoms with van der Waals surface area (Å²) >= 11 is 0. The molecule has 136 valence electrons. The summed E-state index contributed by atoms with van der Waals surface area (Å²) < 4.78 is 6.22. The molecule has 1 amide bonds. The monoisotopic (exact) mass is 343 g/mol. The zero-order valence-electron chi connectivity index (χ0n) is 15.4. The van der Waals surface area contributed by atoms with E-state index in [9.17, 15) is 9.90 Å². The number of carbonyl (C=O) groups is 1. The summed E-state index contributed by atoms with van der Waals surface area (Å²) in [6.45, 7) is 7.32. The Morgan fingerprint density at radius 3 is 2.72 bits per heavy atom. The first-order valence-electron chi connectivity index (χ1n) is 9.58. The van der Waals surface area contributed by atoms with Crippen molar-refractivity contribution in [3.8, 4) is 5.75 Å². The molecule has 4 rings (SSSR count). The minimum absolute atomic E-state index is 0.0662. The lowest BCUT2D eigenvalue weighted by molar-refractivity contribution is -0.137. The molecule has 3 aliphatic rings. The summed E-state index contributed by atoms with van der Waals surface area (Å²) in [4.78, 5) is 12.2. The van der Waals surface area contributed by atoms with Crippen molar-refractivity contribution in [2.45, 2.75) is 58.6 Å². The lowest BCUT2D eigenvalue weighted by atomic mass is 9.59. The first kappa shape index (κ1) is 16.9. The second-order valence-corrected chi connectivity index (χ2v) is 8.78. The number of rotatable bonds is 3. The fraction of sp³-hybridized carbons (Fsp3) is 0.667. The van der Waals surface area contributed by atoms with Crippen molar-refractivity contribution in [2.24, 2.45) is 22.7 Å². The van der Waals surface area contributed by atoms with Gasteiger partial charge in [-0.1, -0.05) is 32.9 Å². The van der Waals surface area contributed by atoms with Gasteiger partial charge >= 0.3 is 0 Å². The highest BCUT2D eigenvalue weighted by Gasteiger charge is 2.68. The van der Waals surface area contributed by atoms with Gasteiger partial charge in [-0.15, -0.1) is 0 Å². The summed E-state index contributed by atoms with van der Waals surface area (Å²) in [5.74, 6) is 1.51. The van der Waals surface area contributed by atoms with Crippen LogP contribution in [0, 0.1) is 22.7 Å². The van der Waals surface area contributed by atoms with E-state index in [1.54, 1.807) is 12.1 Å². The van der Waals surface area contributed by atoms with Crippen molar-refractivity contribution >= 4 is 5.91 Å². The Kier molecular flexibility index (Phi) is 3.87. The molecule has 1 aliphatic heterocycles. The molecule has 0 aromatic heterocycles. The molecule has 2 N–H and O–H groups in total. The minimum atomic E-state index is 0.0662. The predicted molar refractivity (Wildman–Crippen MR) is 96.1 cm³/mol. The average Bonchev–Trinajstić information content (AvgIpc) is 3.08. The SMILES string of the molecule is CCC(=O)N[C@H]1C(C)(C)[C@@H]2C[C@@H]3[C@@H](c4ccc(O)cc4)OCCC31C2. The van der Waals surface area contributed by atoms with E-state index in [0.717, 1.165) is 25.0 Å². The van der Waals surface area contributed by atoms with Gasteiger partial charge < -0.3 is 15.2 Å². The summed E-state index contributed by atoms with van der Waals surface area (Å²) in [5.41, 5.74) is 1.42. The van der Waals surface area contributed by atoms with Gasteiger partial charge in [-0.2, -0.15) is 0 Å². The highest BCUT2D eigenvalue weighted by molar-refractivity contribution is 5.76. The first-order valence-corrected chi connectivity index (χ1v) is 9.58. The Morgan fingerprint density at radius 1 is 1.32 bits per heavy atom. The average molecular weight is 343 g/mol. The standard InChI is InChI=1S/C21H29NO3/c1-4-17(24)22-19-20(2,3)14-11-16-18(13-5-7-15(23)8-6-13)25-10-9-21(16,19)12-14/h5-8,14,16,18-19,23H,4,9-12H2,1-3H3,(H,22,24)/t14-,16-,18-,19+,21?/m1/s1. The van der Waals surface area contributed by atoms with Crippen LogP contribution >= 0.6 is 0 Å². The van der Waals surface area contributed by atoms with E-state index in [4.69, 9.17) is 4.74 Å². The molecule has 2 saturated carbocycles. The molecule has 1 unspecified atom stereocenters. The lowest BCUT2D eigenvalue weighted by Crippen LogP contribution is -2.58. The molecule has 0 radical (unpaired) electrons. The number of aromatic hydroxyl groups is 1. The Hall–Kier alpha value is -1.55. The largest absolute Gasteiger partial charge is 0.508 e. The smallest absolute Gasteiger partial charge is 0.219 e. The predicted octanol–water partition coefficient (Wildman–Crippen LogP) is 3.80. The van der Waals surface area contributed by atoms with Crippen molar-refractivity contribution in [3.05, 3.63) is 29.8 Å². The number of fused-ring (bicyclic) bond motifs is 1. The van der Waals surface area contributed by atoms with E-state index in [1.807, 2.05) is 19.1 Å². The maximum Gasteiger partial charge on any atom is 0.219 e. The fourth-order valence-corrected chi connectivity index (χ4v) is 6.04. The highest BCUT2D eigenvalue weighted by Crippen LogP contribution is 2.70. The van der Waals surface area contributed by atoms with Crippen molar-refractivity contribution in [2.75, 3.05) is 6.61 Å². The second-order valence-electron chi connectivity index (χ2n) is 8.78. The van der Waals surface area contributed by atoms with Crippen LogP contribution in [0.1, 0.15) is 58.1 Å². The number of ether oxygens (including phenoxy) is 1. The molecule has 1 saturated heterocycles. The molecule has 1 aromatic carbocycles. The van der Waals surface area contributed by atoms with E-state index in [0.29, 0.717) is 18.3 Å². The third kappa shape index (κ3) is 2.41. The Labute approximate surface area is 150 Å². The number of amides is 1. The van der Waals surface area contributed by atoms with Crippen LogP contribution in [-0.2, 0) is 9.53 Å². The van der Waals surface area contributed by atoms with Gasteiger partial charge in [0.1, 0.15) is 5.75 Å². The number of carbonyl (C=O) groups excluding carboxylic acids is 1. The van der Waals surface area contributed by atoms with Crippen LogP contribution in [0.4, 0.5) is 0 Å². The van der Waals surface area contributed by atoms with Gasteiger partial charge in [0.25, 0.3) is 0 Å². The molecule has 4 heteroatoms. The van der Waals surface area contributed by atoms with E-state index in [-0.39, 0.29) is 34.6 Å². The van der Waals surface area contributed by atoms with Gasteiger partial charge in [0.2, 0.25) is 5.91 Å². The normalized spacial score (nSPS) is 38.4. The topological polar surface area (TPSA) is 58.6 Å². The lowest BCUT2D eigenvalue weighted by Gasteiger charge is -2.53. The van der Waals surface area contributed by atoms with E-state index in [1.165, 1.54) is 6.42 Å². The fourth-order valence-electron chi connectivity index (χ4n) is 6.04. The van der Waals surface area contributed by atoms with E-state index >= 15 is 0 Å². The highest BCUT2D eigenvalue weighted by atomic mass is 16.5. The van der Waals surface area contributed by atoms with Crippen LogP contribution < -0.4 is 5.32 Å². The van der Waals surface area contributed by atoms with Gasteiger partial charge in [0.05, 0.1) is 6.10 Å². The molecule has 5 atom stereocenters. The van der Waals surface area contributed by atoms with E-state index in [2.05, 4.69) is 19.2 Å². The number of benzene rings is 1. The van der Waals surface area contributed by atoms with Gasteiger partial charge in [-0.25, -0.2) is 0 Å². The molecule has 25 heavy (non-hydrogen) atoms. The molecular formula is C21H29NO3. The Bertz CT molecular complexity index is 668. The van der Waals surface area contributed by atoms with Crippen molar-refractivity contribution in [3.63, 3.8) is 0 Å². The third-order valence-corrected chi connectivity index (χ3v) is 7.35. The van der Waals surface area contributed by atoms with Crippen molar-refractivity contribution in [1.82, 2.24) is 5.32 Å². The number of hydrogen-bond acceptors (Lipinski definition) is 3. The van der Waals surface area contributed by atoms with E-state index < -0.39 is 0 Å². The zero-order chi connectivity index (χ0) is 17.8. The van der Waals surface area contributed by atoms with Crippen LogP contribution in [0.5, 0.6) is 5.75 Å². The van der Waals surface area contributed by atoms with Crippen molar-refractivity contribution < 1.29 is 14.6 Å². The van der Waals surface area contributed by atoms with Crippen LogP contribution in [0.2, 0.25) is 0 Å². The number of nitrogens with one attached hydrogen (secondary N) is 1. The quantitative estimate of drug-likeness (QED) is 0.877. The Balaban J connectivity index is 1.69.